The largest absolute Gasteiger partial charge is 0.467 e. The molecule has 0 spiro atoms. The van der Waals surface area contributed by atoms with Crippen LogP contribution in [0, 0.1) is 0 Å². The molecule has 0 fully saturated rings. The maximum atomic E-state index is 12.5. The standard InChI is InChI=1S/C14H16N2O6S2/c1-16(9-12(17)15-8-10-4-3-6-22-10)24(19,20)11-5-7-23-13(11)14(18)21-2/h3-7H,8-9H2,1-2H3,(H,15,17). The minimum absolute atomic E-state index is 0.0275. The number of furan rings is 1. The molecule has 2 heterocycles. The zero-order valence-corrected chi connectivity index (χ0v) is 14.6. The Hall–Kier alpha value is -2.17. The number of nitrogens with zero attached hydrogens (tertiary/aromatic N) is 1. The third-order valence-electron chi connectivity index (χ3n) is 3.09. The van der Waals surface area contributed by atoms with Crippen LogP contribution in [-0.4, -0.2) is 45.3 Å². The zero-order valence-electron chi connectivity index (χ0n) is 13.0. The van der Waals surface area contributed by atoms with E-state index in [1.54, 1.807) is 12.1 Å². The van der Waals surface area contributed by atoms with E-state index in [4.69, 9.17) is 4.42 Å². The number of hydrogen-bond acceptors (Lipinski definition) is 7. The van der Waals surface area contributed by atoms with Gasteiger partial charge in [-0.1, -0.05) is 0 Å². The lowest BCUT2D eigenvalue weighted by atomic mass is 10.4. The van der Waals surface area contributed by atoms with Crippen molar-refractivity contribution >= 4 is 33.2 Å². The first-order valence-corrected chi connectivity index (χ1v) is 9.09. The van der Waals surface area contributed by atoms with Crippen LogP contribution in [0.3, 0.4) is 0 Å². The summed E-state index contributed by atoms with van der Waals surface area (Å²) in [4.78, 5) is 23.3. The summed E-state index contributed by atoms with van der Waals surface area (Å²) in [6.07, 6.45) is 1.48. The summed E-state index contributed by atoms with van der Waals surface area (Å²) >= 11 is 0.961. The number of rotatable bonds is 7. The fourth-order valence-electron chi connectivity index (χ4n) is 1.85. The second kappa shape index (κ2) is 7.60. The van der Waals surface area contributed by atoms with Crippen LogP contribution < -0.4 is 5.32 Å². The Morgan fingerprint density at radius 3 is 2.75 bits per heavy atom. The number of thiophene rings is 1. The Morgan fingerprint density at radius 1 is 1.38 bits per heavy atom. The number of esters is 1. The summed E-state index contributed by atoms with van der Waals surface area (Å²) in [5, 5.41) is 4.03. The first kappa shape index (κ1) is 18.2. The molecule has 10 heteroatoms. The molecule has 0 atom stereocenters. The molecular weight excluding hydrogens is 356 g/mol. The van der Waals surface area contributed by atoms with Crippen molar-refractivity contribution in [2.75, 3.05) is 20.7 Å². The number of methoxy groups -OCH3 is 1. The van der Waals surface area contributed by atoms with Crippen molar-refractivity contribution in [1.29, 1.82) is 0 Å². The van der Waals surface area contributed by atoms with E-state index >= 15 is 0 Å². The Labute approximate surface area is 143 Å². The fourth-order valence-corrected chi connectivity index (χ4v) is 4.28. The molecule has 0 aromatic carbocycles. The highest BCUT2D eigenvalue weighted by molar-refractivity contribution is 7.89. The van der Waals surface area contributed by atoms with Crippen molar-refractivity contribution in [2.45, 2.75) is 11.4 Å². The molecule has 0 aliphatic carbocycles. The number of ether oxygens (including phenoxy) is 1. The van der Waals surface area contributed by atoms with Crippen LogP contribution in [0.4, 0.5) is 0 Å². The number of carbonyl (C=O) groups excluding carboxylic acids is 2. The van der Waals surface area contributed by atoms with Crippen molar-refractivity contribution in [2.24, 2.45) is 0 Å². The summed E-state index contributed by atoms with van der Waals surface area (Å²) in [6.45, 7) is -0.231. The van der Waals surface area contributed by atoms with Crippen LogP contribution in [0.15, 0.2) is 39.2 Å². The van der Waals surface area contributed by atoms with E-state index in [1.165, 1.54) is 31.9 Å². The minimum atomic E-state index is -3.99. The van der Waals surface area contributed by atoms with Gasteiger partial charge in [-0.25, -0.2) is 13.2 Å². The van der Waals surface area contributed by atoms with Crippen LogP contribution in [0.25, 0.3) is 0 Å². The second-order valence-electron chi connectivity index (χ2n) is 4.72. The normalized spacial score (nSPS) is 11.5. The maximum absolute atomic E-state index is 12.5. The number of nitrogens with one attached hydrogen (secondary N) is 1. The lowest BCUT2D eigenvalue weighted by Crippen LogP contribution is -2.38. The smallest absolute Gasteiger partial charge is 0.349 e. The van der Waals surface area contributed by atoms with Crippen LogP contribution in [-0.2, 0) is 26.1 Å². The summed E-state index contributed by atoms with van der Waals surface area (Å²) in [5.74, 6) is -0.675. The Kier molecular flexibility index (Phi) is 5.75. The quantitative estimate of drug-likeness (QED) is 0.729. The molecule has 0 aliphatic heterocycles. The number of carbonyl (C=O) groups is 2. The second-order valence-corrected chi connectivity index (χ2v) is 7.65. The third kappa shape index (κ3) is 4.02. The first-order valence-electron chi connectivity index (χ1n) is 6.77. The number of likely N-dealkylation sites (N-methyl/N-ethyl adjacent to an activating group) is 1. The number of amides is 1. The molecule has 0 aliphatic rings. The highest BCUT2D eigenvalue weighted by atomic mass is 32.2. The van der Waals surface area contributed by atoms with Gasteiger partial charge in [0.25, 0.3) is 0 Å². The summed E-state index contributed by atoms with van der Waals surface area (Å²) in [6, 6.07) is 4.68. The predicted octanol–water partition coefficient (Wildman–Crippen LogP) is 1.06. The van der Waals surface area contributed by atoms with Crippen molar-refractivity contribution in [3.05, 3.63) is 40.5 Å². The van der Waals surface area contributed by atoms with Crippen LogP contribution in [0.5, 0.6) is 0 Å². The van der Waals surface area contributed by atoms with Gasteiger partial charge in [0.05, 0.1) is 26.5 Å². The Bertz CT molecular complexity index is 810. The molecule has 0 saturated carbocycles. The molecule has 8 nitrogen and oxygen atoms in total. The lowest BCUT2D eigenvalue weighted by Gasteiger charge is -2.16. The molecule has 0 bridgehead atoms. The molecule has 130 valence electrons. The van der Waals surface area contributed by atoms with E-state index in [1.807, 2.05) is 0 Å². The van der Waals surface area contributed by atoms with Crippen LogP contribution in [0.2, 0.25) is 0 Å². The fraction of sp³-hybridized carbons (Fsp3) is 0.286. The van der Waals surface area contributed by atoms with Crippen LogP contribution >= 0.6 is 11.3 Å². The monoisotopic (exact) mass is 372 g/mol. The van der Waals surface area contributed by atoms with E-state index in [0.29, 0.717) is 5.76 Å². The van der Waals surface area contributed by atoms with Gasteiger partial charge in [-0.2, -0.15) is 4.31 Å². The molecule has 0 unspecified atom stereocenters. The van der Waals surface area contributed by atoms with Crippen molar-refractivity contribution < 1.29 is 27.2 Å². The van der Waals surface area contributed by atoms with Gasteiger partial charge in [0, 0.05) is 7.05 Å². The average Bonchev–Trinajstić information content (AvgIpc) is 3.23. The molecule has 1 N–H and O–H groups in total. The minimum Gasteiger partial charge on any atom is -0.467 e. The molecule has 24 heavy (non-hydrogen) atoms. The highest BCUT2D eigenvalue weighted by Gasteiger charge is 2.29. The molecular formula is C14H16N2O6S2. The van der Waals surface area contributed by atoms with Gasteiger partial charge < -0.3 is 14.5 Å². The Morgan fingerprint density at radius 2 is 2.12 bits per heavy atom. The molecule has 2 rings (SSSR count). The molecule has 2 aromatic rings. The molecule has 0 radical (unpaired) electrons. The third-order valence-corrected chi connectivity index (χ3v) is 5.96. The summed E-state index contributed by atoms with van der Waals surface area (Å²) < 4.78 is 35.6. The topological polar surface area (TPSA) is 106 Å². The van der Waals surface area contributed by atoms with E-state index in [2.05, 4.69) is 10.1 Å². The molecule has 1 amide bonds. The number of sulfonamides is 1. The average molecular weight is 372 g/mol. The molecule has 2 aromatic heterocycles. The van der Waals surface area contributed by atoms with Crippen molar-refractivity contribution in [1.82, 2.24) is 9.62 Å². The Balaban J connectivity index is 2.05. The van der Waals surface area contributed by atoms with E-state index in [-0.39, 0.29) is 22.9 Å². The van der Waals surface area contributed by atoms with Gasteiger partial charge in [-0.3, -0.25) is 4.79 Å². The van der Waals surface area contributed by atoms with Gasteiger partial charge in [-0.05, 0) is 23.6 Å². The van der Waals surface area contributed by atoms with Crippen LogP contribution in [0.1, 0.15) is 15.4 Å². The first-order chi connectivity index (χ1) is 11.4. The zero-order chi connectivity index (χ0) is 17.7. The van der Waals surface area contributed by atoms with Crippen molar-refractivity contribution in [3.8, 4) is 0 Å². The summed E-state index contributed by atoms with van der Waals surface area (Å²) in [5.41, 5.74) is 0. The van der Waals surface area contributed by atoms with E-state index in [9.17, 15) is 18.0 Å². The van der Waals surface area contributed by atoms with Gasteiger partial charge in [0.2, 0.25) is 15.9 Å². The number of hydrogen-bond donors (Lipinski definition) is 1. The lowest BCUT2D eigenvalue weighted by molar-refractivity contribution is -0.121. The van der Waals surface area contributed by atoms with E-state index in [0.717, 1.165) is 15.6 Å². The predicted molar refractivity (Wildman–Crippen MR) is 86.0 cm³/mol. The maximum Gasteiger partial charge on any atom is 0.349 e. The van der Waals surface area contributed by atoms with Gasteiger partial charge >= 0.3 is 5.97 Å². The SMILES string of the molecule is COC(=O)c1sccc1S(=O)(=O)N(C)CC(=O)NCc1ccco1. The van der Waals surface area contributed by atoms with E-state index < -0.39 is 21.9 Å². The van der Waals surface area contributed by atoms with Gasteiger partial charge in [-0.15, -0.1) is 11.3 Å². The molecule has 0 saturated heterocycles. The van der Waals surface area contributed by atoms with Gasteiger partial charge in [0.1, 0.15) is 15.5 Å². The van der Waals surface area contributed by atoms with Gasteiger partial charge in [0.15, 0.2) is 0 Å². The van der Waals surface area contributed by atoms with Crippen molar-refractivity contribution in [3.63, 3.8) is 0 Å². The highest BCUT2D eigenvalue weighted by Crippen LogP contribution is 2.25. The summed E-state index contributed by atoms with van der Waals surface area (Å²) in [7, 11) is -1.55.